The van der Waals surface area contributed by atoms with E-state index in [2.05, 4.69) is 12.6 Å². The summed E-state index contributed by atoms with van der Waals surface area (Å²) in [5, 5.41) is -0.0400. The highest BCUT2D eigenvalue weighted by Crippen LogP contribution is 2.22. The third-order valence-corrected chi connectivity index (χ3v) is 3.42. The van der Waals surface area contributed by atoms with Gasteiger partial charge in [0, 0.05) is 11.8 Å². The number of carbonyl (C=O) groups excluding carboxylic acids is 2. The first-order chi connectivity index (χ1) is 9.08. The summed E-state index contributed by atoms with van der Waals surface area (Å²) in [6.07, 6.45) is -0.0528. The van der Waals surface area contributed by atoms with E-state index in [0.29, 0.717) is 13.0 Å². The van der Waals surface area contributed by atoms with Crippen LogP contribution in [0.1, 0.15) is 12.0 Å². The van der Waals surface area contributed by atoms with Crippen molar-refractivity contribution in [1.29, 1.82) is 0 Å². The Morgan fingerprint density at radius 2 is 2.05 bits per heavy atom. The lowest BCUT2D eigenvalue weighted by Gasteiger charge is -2.21. The van der Waals surface area contributed by atoms with Crippen molar-refractivity contribution < 1.29 is 14.3 Å². The second-order valence-electron chi connectivity index (χ2n) is 4.50. The van der Waals surface area contributed by atoms with Crippen molar-refractivity contribution in [2.45, 2.75) is 24.3 Å². The summed E-state index contributed by atoms with van der Waals surface area (Å²) in [5.41, 5.74) is 6.17. The van der Waals surface area contributed by atoms with Gasteiger partial charge in [-0.05, 0) is 12.0 Å². The summed E-state index contributed by atoms with van der Waals surface area (Å²) in [6, 6.07) is 8.74. The van der Waals surface area contributed by atoms with E-state index >= 15 is 0 Å². The third kappa shape index (κ3) is 3.41. The number of thiol groups is 1. The average molecular weight is 280 g/mol. The molecule has 2 rings (SSSR count). The molecule has 2 atom stereocenters. The molecule has 1 aromatic rings. The van der Waals surface area contributed by atoms with E-state index in [-0.39, 0.29) is 11.9 Å². The molecule has 6 heteroatoms. The van der Waals surface area contributed by atoms with Crippen molar-refractivity contribution >= 4 is 24.6 Å². The van der Waals surface area contributed by atoms with Crippen LogP contribution in [0.25, 0.3) is 0 Å². The number of amides is 2. The fraction of sp³-hybridized carbons (Fsp3) is 0.385. The molecule has 2 unspecified atom stereocenters. The molecule has 0 bridgehead atoms. The van der Waals surface area contributed by atoms with Crippen molar-refractivity contribution in [2.24, 2.45) is 5.73 Å². The second-order valence-corrected chi connectivity index (χ2v) is 5.23. The molecule has 0 spiro atoms. The van der Waals surface area contributed by atoms with Gasteiger partial charge in [-0.25, -0.2) is 4.79 Å². The van der Waals surface area contributed by atoms with Crippen LogP contribution < -0.4 is 5.73 Å². The van der Waals surface area contributed by atoms with Crippen molar-refractivity contribution in [1.82, 2.24) is 4.90 Å². The maximum Gasteiger partial charge on any atom is 0.410 e. The molecular weight excluding hydrogens is 264 g/mol. The molecule has 0 radical (unpaired) electrons. The zero-order valence-corrected chi connectivity index (χ0v) is 11.3. The van der Waals surface area contributed by atoms with Gasteiger partial charge in [0.1, 0.15) is 12.6 Å². The van der Waals surface area contributed by atoms with Crippen LogP contribution in [0, 0.1) is 0 Å². The number of rotatable bonds is 3. The minimum absolute atomic E-state index is 0.0400. The molecule has 1 aromatic carbocycles. The Balaban J connectivity index is 1.94. The highest BCUT2D eigenvalue weighted by atomic mass is 32.1. The minimum Gasteiger partial charge on any atom is -0.445 e. The SMILES string of the molecule is NC(=O)C1CC(S)CN1C(=O)OCc1ccccc1. The normalized spacial score (nSPS) is 22.3. The lowest BCUT2D eigenvalue weighted by Crippen LogP contribution is -2.43. The van der Waals surface area contributed by atoms with Crippen LogP contribution in [-0.4, -0.2) is 34.7 Å². The Labute approximate surface area is 117 Å². The Bertz CT molecular complexity index is 466. The van der Waals surface area contributed by atoms with Gasteiger partial charge in [-0.2, -0.15) is 12.6 Å². The number of carbonyl (C=O) groups is 2. The predicted octanol–water partition coefficient (Wildman–Crippen LogP) is 1.18. The van der Waals surface area contributed by atoms with Crippen molar-refractivity contribution in [2.75, 3.05) is 6.54 Å². The van der Waals surface area contributed by atoms with Crippen molar-refractivity contribution in [3.63, 3.8) is 0 Å². The standard InChI is InChI=1S/C13H16N2O3S/c14-12(16)11-6-10(19)7-15(11)13(17)18-8-9-4-2-1-3-5-9/h1-5,10-11,19H,6-8H2,(H2,14,16). The summed E-state index contributed by atoms with van der Waals surface area (Å²) >= 11 is 4.28. The van der Waals surface area contributed by atoms with Crippen LogP contribution in [-0.2, 0) is 16.1 Å². The molecular formula is C13H16N2O3S. The minimum atomic E-state index is -0.620. The van der Waals surface area contributed by atoms with Crippen LogP contribution in [0.4, 0.5) is 4.79 Å². The number of primary amides is 1. The van der Waals surface area contributed by atoms with Gasteiger partial charge in [0.05, 0.1) is 0 Å². The summed E-state index contributed by atoms with van der Waals surface area (Å²) in [4.78, 5) is 24.6. The molecule has 0 aliphatic carbocycles. The van der Waals surface area contributed by atoms with Gasteiger partial charge in [-0.1, -0.05) is 30.3 Å². The van der Waals surface area contributed by atoms with E-state index < -0.39 is 18.0 Å². The second kappa shape index (κ2) is 5.97. The number of hydrogen-bond donors (Lipinski definition) is 2. The number of nitrogens with two attached hydrogens (primary N) is 1. The average Bonchev–Trinajstić information content (AvgIpc) is 2.79. The number of ether oxygens (including phenoxy) is 1. The van der Waals surface area contributed by atoms with E-state index in [9.17, 15) is 9.59 Å². The topological polar surface area (TPSA) is 72.6 Å². The Hall–Kier alpha value is -1.69. The van der Waals surface area contributed by atoms with Crippen LogP contribution in [0.15, 0.2) is 30.3 Å². The summed E-state index contributed by atoms with van der Waals surface area (Å²) < 4.78 is 5.19. The monoisotopic (exact) mass is 280 g/mol. The molecule has 1 aliphatic rings. The van der Waals surface area contributed by atoms with Gasteiger partial charge in [-0.15, -0.1) is 0 Å². The highest BCUT2D eigenvalue weighted by molar-refractivity contribution is 7.81. The predicted molar refractivity (Wildman–Crippen MR) is 73.7 cm³/mol. The molecule has 1 heterocycles. The molecule has 1 saturated heterocycles. The molecule has 19 heavy (non-hydrogen) atoms. The first-order valence-corrected chi connectivity index (χ1v) is 6.54. The quantitative estimate of drug-likeness (QED) is 0.817. The Morgan fingerprint density at radius 3 is 2.68 bits per heavy atom. The first kappa shape index (κ1) is 13.7. The number of likely N-dealkylation sites (tertiary alicyclic amines) is 1. The smallest absolute Gasteiger partial charge is 0.410 e. The third-order valence-electron chi connectivity index (χ3n) is 3.05. The number of hydrogen-bond acceptors (Lipinski definition) is 4. The van der Waals surface area contributed by atoms with Crippen molar-refractivity contribution in [3.05, 3.63) is 35.9 Å². The lowest BCUT2D eigenvalue weighted by molar-refractivity contribution is -0.121. The largest absolute Gasteiger partial charge is 0.445 e. The van der Waals surface area contributed by atoms with Crippen LogP contribution >= 0.6 is 12.6 Å². The van der Waals surface area contributed by atoms with Gasteiger partial charge in [0.2, 0.25) is 5.91 Å². The summed E-state index contributed by atoms with van der Waals surface area (Å²) in [5.74, 6) is -0.520. The van der Waals surface area contributed by atoms with Crippen LogP contribution in [0.2, 0.25) is 0 Å². The lowest BCUT2D eigenvalue weighted by atomic mass is 10.2. The van der Waals surface area contributed by atoms with Crippen LogP contribution in [0.5, 0.6) is 0 Å². The van der Waals surface area contributed by atoms with E-state index in [1.807, 2.05) is 30.3 Å². The van der Waals surface area contributed by atoms with Gasteiger partial charge >= 0.3 is 6.09 Å². The van der Waals surface area contributed by atoms with E-state index in [4.69, 9.17) is 10.5 Å². The number of nitrogens with zero attached hydrogens (tertiary/aromatic N) is 1. The highest BCUT2D eigenvalue weighted by Gasteiger charge is 2.38. The van der Waals surface area contributed by atoms with Gasteiger partial charge in [-0.3, -0.25) is 9.69 Å². The molecule has 1 aliphatic heterocycles. The fourth-order valence-corrected chi connectivity index (χ4v) is 2.46. The first-order valence-electron chi connectivity index (χ1n) is 6.02. The Morgan fingerprint density at radius 1 is 1.37 bits per heavy atom. The molecule has 1 fully saturated rings. The van der Waals surface area contributed by atoms with Crippen molar-refractivity contribution in [3.8, 4) is 0 Å². The molecule has 5 nitrogen and oxygen atoms in total. The number of benzene rings is 1. The fourth-order valence-electron chi connectivity index (χ4n) is 2.09. The van der Waals surface area contributed by atoms with E-state index in [1.165, 1.54) is 4.90 Å². The molecule has 0 aromatic heterocycles. The maximum absolute atomic E-state index is 11.9. The van der Waals surface area contributed by atoms with Gasteiger partial charge in [0.25, 0.3) is 0 Å². The molecule has 2 N–H and O–H groups in total. The zero-order valence-electron chi connectivity index (χ0n) is 10.4. The molecule has 0 saturated carbocycles. The maximum atomic E-state index is 11.9. The summed E-state index contributed by atoms with van der Waals surface area (Å²) in [6.45, 7) is 0.559. The Kier molecular flexibility index (Phi) is 4.31. The van der Waals surface area contributed by atoms with E-state index in [1.54, 1.807) is 0 Å². The zero-order chi connectivity index (χ0) is 13.8. The molecule has 102 valence electrons. The van der Waals surface area contributed by atoms with Gasteiger partial charge < -0.3 is 10.5 Å². The van der Waals surface area contributed by atoms with Crippen LogP contribution in [0.3, 0.4) is 0 Å². The summed E-state index contributed by atoms with van der Waals surface area (Å²) in [7, 11) is 0. The van der Waals surface area contributed by atoms with Gasteiger partial charge in [0.15, 0.2) is 0 Å². The molecule has 2 amide bonds. The van der Waals surface area contributed by atoms with E-state index in [0.717, 1.165) is 5.56 Å².